The van der Waals surface area contributed by atoms with Gasteiger partial charge in [0.05, 0.1) is 18.5 Å². The molecule has 2 aromatic rings. The van der Waals surface area contributed by atoms with Gasteiger partial charge in [0.15, 0.2) is 5.76 Å². The molecule has 6 nitrogen and oxygen atoms in total. The van der Waals surface area contributed by atoms with Crippen LogP contribution in [-0.4, -0.2) is 23.9 Å². The Morgan fingerprint density at radius 2 is 2.04 bits per heavy atom. The summed E-state index contributed by atoms with van der Waals surface area (Å²) in [6, 6.07) is 7.18. The number of para-hydroxylation sites is 2. The van der Waals surface area contributed by atoms with E-state index in [0.717, 1.165) is 5.56 Å². The van der Waals surface area contributed by atoms with E-state index in [1.54, 1.807) is 19.2 Å². The van der Waals surface area contributed by atoms with Gasteiger partial charge in [0.1, 0.15) is 11.5 Å². The number of oxime groups is 1. The summed E-state index contributed by atoms with van der Waals surface area (Å²) < 4.78 is 11.1. The van der Waals surface area contributed by atoms with Gasteiger partial charge < -0.3 is 19.7 Å². The van der Waals surface area contributed by atoms with Crippen LogP contribution in [0.5, 0.6) is 5.75 Å². The van der Waals surface area contributed by atoms with Crippen LogP contribution in [0.25, 0.3) is 0 Å². The summed E-state index contributed by atoms with van der Waals surface area (Å²) in [7, 11) is 1.55. The van der Waals surface area contributed by atoms with Crippen molar-refractivity contribution in [3.05, 3.63) is 46.9 Å². The highest BCUT2D eigenvalue weighted by molar-refractivity contribution is 6.09. The van der Waals surface area contributed by atoms with Crippen molar-refractivity contribution in [1.29, 1.82) is 0 Å². The first-order valence-electron chi connectivity index (χ1n) is 8.14. The average molecular weight is 342 g/mol. The number of ether oxygens (including phenoxy) is 1. The Morgan fingerprint density at radius 3 is 2.72 bits per heavy atom. The van der Waals surface area contributed by atoms with Crippen molar-refractivity contribution in [1.82, 2.24) is 0 Å². The molecule has 6 heteroatoms. The second-order valence-electron chi connectivity index (χ2n) is 7.07. The van der Waals surface area contributed by atoms with E-state index < -0.39 is 0 Å². The SMILES string of the molecule is COc1ccccc1NC(=O)c1oc2c(c1C)/C(=N\O)CC(C)(C)C2. The van der Waals surface area contributed by atoms with Gasteiger partial charge in [-0.2, -0.15) is 0 Å². The number of carbonyl (C=O) groups excluding carboxylic acids is 1. The fourth-order valence-electron chi connectivity index (χ4n) is 3.34. The molecular formula is C19H22N2O4. The molecule has 1 aromatic carbocycles. The zero-order valence-corrected chi connectivity index (χ0v) is 14.8. The molecule has 0 atom stereocenters. The molecule has 0 saturated heterocycles. The van der Waals surface area contributed by atoms with E-state index in [0.29, 0.717) is 41.3 Å². The Bertz CT molecular complexity index is 849. The van der Waals surface area contributed by atoms with E-state index in [1.807, 2.05) is 19.1 Å². The number of methoxy groups -OCH3 is 1. The van der Waals surface area contributed by atoms with Crippen LogP contribution in [0.3, 0.4) is 0 Å². The molecule has 0 radical (unpaired) electrons. The van der Waals surface area contributed by atoms with Crippen LogP contribution < -0.4 is 10.1 Å². The Balaban J connectivity index is 1.97. The molecule has 132 valence electrons. The lowest BCUT2D eigenvalue weighted by atomic mass is 9.75. The van der Waals surface area contributed by atoms with Crippen LogP contribution in [0, 0.1) is 12.3 Å². The maximum Gasteiger partial charge on any atom is 0.291 e. The molecule has 0 unspecified atom stereocenters. The summed E-state index contributed by atoms with van der Waals surface area (Å²) in [5.74, 6) is 1.14. The fourth-order valence-corrected chi connectivity index (χ4v) is 3.34. The Labute approximate surface area is 146 Å². The van der Waals surface area contributed by atoms with Crippen LogP contribution in [0.2, 0.25) is 0 Å². The van der Waals surface area contributed by atoms with Crippen molar-refractivity contribution < 1.29 is 19.2 Å². The second kappa shape index (κ2) is 6.27. The minimum atomic E-state index is -0.355. The summed E-state index contributed by atoms with van der Waals surface area (Å²) in [4.78, 5) is 12.7. The van der Waals surface area contributed by atoms with E-state index in [1.165, 1.54) is 0 Å². The zero-order valence-electron chi connectivity index (χ0n) is 14.8. The van der Waals surface area contributed by atoms with E-state index in [9.17, 15) is 10.0 Å². The van der Waals surface area contributed by atoms with Gasteiger partial charge in [0.25, 0.3) is 5.91 Å². The lowest BCUT2D eigenvalue weighted by molar-refractivity contribution is 0.0992. The van der Waals surface area contributed by atoms with E-state index in [2.05, 4.69) is 24.3 Å². The van der Waals surface area contributed by atoms with Crippen molar-refractivity contribution in [2.24, 2.45) is 10.6 Å². The number of carbonyl (C=O) groups is 1. The molecule has 1 aliphatic rings. The predicted molar refractivity (Wildman–Crippen MR) is 94.8 cm³/mol. The zero-order chi connectivity index (χ0) is 18.2. The lowest BCUT2D eigenvalue weighted by Gasteiger charge is -2.28. The maximum absolute atomic E-state index is 12.7. The highest BCUT2D eigenvalue weighted by atomic mass is 16.5. The van der Waals surface area contributed by atoms with Gasteiger partial charge in [-0.15, -0.1) is 0 Å². The molecule has 1 aromatic heterocycles. The summed E-state index contributed by atoms with van der Waals surface area (Å²) in [5, 5.41) is 15.6. The quantitative estimate of drug-likeness (QED) is 0.652. The van der Waals surface area contributed by atoms with Gasteiger partial charge in [-0.1, -0.05) is 31.1 Å². The molecular weight excluding hydrogens is 320 g/mol. The third-order valence-corrected chi connectivity index (χ3v) is 4.48. The van der Waals surface area contributed by atoms with E-state index in [4.69, 9.17) is 9.15 Å². The van der Waals surface area contributed by atoms with Gasteiger partial charge in [0.2, 0.25) is 0 Å². The minimum absolute atomic E-state index is 0.0880. The first-order valence-corrected chi connectivity index (χ1v) is 8.14. The molecule has 0 fully saturated rings. The number of furan rings is 1. The van der Waals surface area contributed by atoms with E-state index >= 15 is 0 Å². The Morgan fingerprint density at radius 1 is 1.32 bits per heavy atom. The van der Waals surface area contributed by atoms with Crippen LogP contribution in [-0.2, 0) is 6.42 Å². The molecule has 0 aliphatic heterocycles. The first-order chi connectivity index (χ1) is 11.9. The largest absolute Gasteiger partial charge is 0.495 e. The summed E-state index contributed by atoms with van der Waals surface area (Å²) in [5.41, 5.74) is 2.47. The lowest BCUT2D eigenvalue weighted by Crippen LogP contribution is -2.27. The van der Waals surface area contributed by atoms with Crippen LogP contribution in [0.15, 0.2) is 33.8 Å². The smallest absolute Gasteiger partial charge is 0.291 e. The van der Waals surface area contributed by atoms with Crippen LogP contribution >= 0.6 is 0 Å². The third-order valence-electron chi connectivity index (χ3n) is 4.48. The van der Waals surface area contributed by atoms with Gasteiger partial charge in [-0.05, 0) is 30.9 Å². The second-order valence-corrected chi connectivity index (χ2v) is 7.07. The van der Waals surface area contributed by atoms with E-state index in [-0.39, 0.29) is 17.1 Å². The summed E-state index contributed by atoms with van der Waals surface area (Å²) in [6.45, 7) is 5.96. The number of amides is 1. The van der Waals surface area contributed by atoms with Crippen molar-refractivity contribution in [3.8, 4) is 5.75 Å². The topological polar surface area (TPSA) is 84.1 Å². The molecule has 0 saturated carbocycles. The molecule has 0 bridgehead atoms. The number of hydrogen-bond donors (Lipinski definition) is 2. The molecule has 1 amide bonds. The fraction of sp³-hybridized carbons (Fsp3) is 0.368. The highest BCUT2D eigenvalue weighted by Gasteiger charge is 2.36. The van der Waals surface area contributed by atoms with Crippen molar-refractivity contribution in [3.63, 3.8) is 0 Å². The number of hydrogen-bond acceptors (Lipinski definition) is 5. The highest BCUT2D eigenvalue weighted by Crippen LogP contribution is 2.39. The predicted octanol–water partition coefficient (Wildman–Crippen LogP) is 4.00. The number of fused-ring (bicyclic) bond motifs is 1. The maximum atomic E-state index is 12.7. The van der Waals surface area contributed by atoms with Gasteiger partial charge >= 0.3 is 0 Å². The number of anilines is 1. The minimum Gasteiger partial charge on any atom is -0.495 e. The van der Waals surface area contributed by atoms with Crippen LogP contribution in [0.1, 0.15) is 47.7 Å². The monoisotopic (exact) mass is 342 g/mol. The normalized spacial score (nSPS) is 17.2. The Hall–Kier alpha value is -2.76. The standard InChI is InChI=1S/C19H22N2O4/c1-11-16-13(21-23)9-19(2,3)10-15(16)25-17(11)18(22)20-12-7-5-6-8-14(12)24-4/h5-8,23H,9-10H2,1-4H3,(H,20,22)/b21-13-. The number of nitrogens with zero attached hydrogens (tertiary/aromatic N) is 1. The molecule has 1 aliphatic carbocycles. The van der Waals surface area contributed by atoms with Crippen LogP contribution in [0.4, 0.5) is 5.69 Å². The first kappa shape index (κ1) is 17.1. The number of rotatable bonds is 3. The average Bonchev–Trinajstić information content (AvgIpc) is 2.90. The summed E-state index contributed by atoms with van der Waals surface area (Å²) >= 11 is 0. The third kappa shape index (κ3) is 3.12. The molecule has 2 N–H and O–H groups in total. The Kier molecular flexibility index (Phi) is 4.29. The summed E-state index contributed by atoms with van der Waals surface area (Å²) in [6.07, 6.45) is 1.31. The number of nitrogens with one attached hydrogen (secondary N) is 1. The molecule has 1 heterocycles. The molecule has 0 spiro atoms. The van der Waals surface area contributed by atoms with Gasteiger partial charge in [-0.3, -0.25) is 4.79 Å². The number of benzene rings is 1. The van der Waals surface area contributed by atoms with Gasteiger partial charge in [0, 0.05) is 17.5 Å². The van der Waals surface area contributed by atoms with Crippen molar-refractivity contribution >= 4 is 17.3 Å². The van der Waals surface area contributed by atoms with Crippen molar-refractivity contribution in [2.45, 2.75) is 33.6 Å². The molecule has 3 rings (SSSR count). The molecule has 25 heavy (non-hydrogen) atoms. The van der Waals surface area contributed by atoms with Gasteiger partial charge in [-0.25, -0.2) is 0 Å². The van der Waals surface area contributed by atoms with Crippen molar-refractivity contribution in [2.75, 3.05) is 12.4 Å².